The number of carboxylic acid groups (broad SMARTS) is 1. The fourth-order valence-corrected chi connectivity index (χ4v) is 3.67. The summed E-state index contributed by atoms with van der Waals surface area (Å²) in [5.74, 6) is -1.64. The van der Waals surface area contributed by atoms with Crippen molar-refractivity contribution in [2.45, 2.75) is 59.1 Å². The SMILES string of the molecule is CCC(CC)C(NC(C)=O)C1C(C)CC(C(=O)O)C1O. The van der Waals surface area contributed by atoms with E-state index in [4.69, 9.17) is 0 Å². The van der Waals surface area contributed by atoms with E-state index >= 15 is 0 Å². The van der Waals surface area contributed by atoms with Crippen molar-refractivity contribution in [2.24, 2.45) is 23.7 Å². The monoisotopic (exact) mass is 285 g/mol. The van der Waals surface area contributed by atoms with Gasteiger partial charge in [-0.25, -0.2) is 0 Å². The first kappa shape index (κ1) is 17.0. The number of hydrogen-bond acceptors (Lipinski definition) is 3. The predicted octanol–water partition coefficient (Wildman–Crippen LogP) is 1.64. The second kappa shape index (κ2) is 7.07. The zero-order valence-corrected chi connectivity index (χ0v) is 12.8. The molecule has 1 rings (SSSR count). The van der Waals surface area contributed by atoms with Crippen LogP contribution in [0.4, 0.5) is 0 Å². The van der Waals surface area contributed by atoms with Gasteiger partial charge in [0.2, 0.25) is 5.91 Å². The highest BCUT2D eigenvalue weighted by Crippen LogP contribution is 2.41. The first-order valence-corrected chi connectivity index (χ1v) is 7.51. The third-order valence-corrected chi connectivity index (χ3v) is 4.75. The first-order valence-electron chi connectivity index (χ1n) is 7.51. The molecule has 0 saturated heterocycles. The number of carbonyl (C=O) groups is 2. The summed E-state index contributed by atoms with van der Waals surface area (Å²) in [7, 11) is 0. The molecule has 5 nitrogen and oxygen atoms in total. The van der Waals surface area contributed by atoms with Crippen LogP contribution < -0.4 is 5.32 Å². The van der Waals surface area contributed by atoms with Crippen LogP contribution in [0.25, 0.3) is 0 Å². The average molecular weight is 285 g/mol. The Morgan fingerprint density at radius 3 is 2.20 bits per heavy atom. The van der Waals surface area contributed by atoms with E-state index < -0.39 is 18.0 Å². The molecule has 0 aromatic carbocycles. The molecule has 3 N–H and O–H groups in total. The van der Waals surface area contributed by atoms with Gasteiger partial charge in [-0.2, -0.15) is 0 Å². The molecule has 20 heavy (non-hydrogen) atoms. The first-order chi connectivity index (χ1) is 9.33. The second-order valence-electron chi connectivity index (χ2n) is 6.03. The van der Waals surface area contributed by atoms with Gasteiger partial charge in [0.05, 0.1) is 12.0 Å². The minimum absolute atomic E-state index is 0.0866. The molecule has 5 unspecified atom stereocenters. The van der Waals surface area contributed by atoms with E-state index in [-0.39, 0.29) is 29.7 Å². The van der Waals surface area contributed by atoms with Crippen LogP contribution in [0.15, 0.2) is 0 Å². The number of carboxylic acids is 1. The number of amides is 1. The lowest BCUT2D eigenvalue weighted by atomic mass is 9.79. The summed E-state index contributed by atoms with van der Waals surface area (Å²) >= 11 is 0. The van der Waals surface area contributed by atoms with Crippen molar-refractivity contribution in [1.29, 1.82) is 0 Å². The van der Waals surface area contributed by atoms with Crippen molar-refractivity contribution < 1.29 is 19.8 Å². The fraction of sp³-hybridized carbons (Fsp3) is 0.867. The maximum absolute atomic E-state index is 11.5. The van der Waals surface area contributed by atoms with E-state index in [1.807, 2.05) is 6.92 Å². The Morgan fingerprint density at radius 2 is 1.85 bits per heavy atom. The highest BCUT2D eigenvalue weighted by molar-refractivity contribution is 5.73. The van der Waals surface area contributed by atoms with Crippen molar-refractivity contribution in [3.63, 3.8) is 0 Å². The zero-order chi connectivity index (χ0) is 15.4. The Morgan fingerprint density at radius 1 is 1.30 bits per heavy atom. The molecular weight excluding hydrogens is 258 g/mol. The summed E-state index contributed by atoms with van der Waals surface area (Å²) in [5.41, 5.74) is 0. The lowest BCUT2D eigenvalue weighted by Gasteiger charge is -2.35. The largest absolute Gasteiger partial charge is 0.481 e. The summed E-state index contributed by atoms with van der Waals surface area (Å²) < 4.78 is 0. The van der Waals surface area contributed by atoms with E-state index in [1.54, 1.807) is 0 Å². The van der Waals surface area contributed by atoms with Gasteiger partial charge in [-0.1, -0.05) is 33.6 Å². The minimum atomic E-state index is -0.946. The van der Waals surface area contributed by atoms with Gasteiger partial charge in [0.25, 0.3) is 0 Å². The summed E-state index contributed by atoms with van der Waals surface area (Å²) in [6, 6.07) is -0.156. The highest BCUT2D eigenvalue weighted by Gasteiger charge is 2.48. The van der Waals surface area contributed by atoms with Crippen LogP contribution in [0, 0.1) is 23.7 Å². The number of aliphatic carboxylic acids is 1. The molecule has 0 aromatic rings. The van der Waals surface area contributed by atoms with Gasteiger partial charge in [-0.05, 0) is 18.3 Å². The van der Waals surface area contributed by atoms with E-state index in [2.05, 4.69) is 19.2 Å². The third kappa shape index (κ3) is 3.51. The summed E-state index contributed by atoms with van der Waals surface area (Å²) in [6.45, 7) is 7.55. The Balaban J connectivity index is 3.00. The molecule has 1 aliphatic rings. The van der Waals surface area contributed by atoms with E-state index in [9.17, 15) is 19.8 Å². The minimum Gasteiger partial charge on any atom is -0.481 e. The van der Waals surface area contributed by atoms with Gasteiger partial charge in [-0.15, -0.1) is 0 Å². The lowest BCUT2D eigenvalue weighted by Crippen LogP contribution is -2.49. The second-order valence-corrected chi connectivity index (χ2v) is 6.03. The van der Waals surface area contributed by atoms with Gasteiger partial charge in [-0.3, -0.25) is 9.59 Å². The normalized spacial score (nSPS) is 31.3. The van der Waals surface area contributed by atoms with Crippen LogP contribution in [0.3, 0.4) is 0 Å². The molecule has 1 fully saturated rings. The van der Waals surface area contributed by atoms with Crippen LogP contribution in [0.2, 0.25) is 0 Å². The molecule has 1 saturated carbocycles. The van der Waals surface area contributed by atoms with E-state index in [1.165, 1.54) is 6.92 Å². The van der Waals surface area contributed by atoms with Crippen molar-refractivity contribution in [1.82, 2.24) is 5.32 Å². The number of nitrogens with one attached hydrogen (secondary N) is 1. The molecule has 0 bridgehead atoms. The Hall–Kier alpha value is -1.10. The number of rotatable bonds is 6. The topological polar surface area (TPSA) is 86.6 Å². The Labute approximate surface area is 120 Å². The summed E-state index contributed by atoms with van der Waals surface area (Å²) in [5, 5.41) is 22.5. The molecule has 0 radical (unpaired) electrons. The maximum atomic E-state index is 11.5. The standard InChI is InChI=1S/C15H27NO4/c1-5-10(6-2)13(16-9(4)17)12-8(3)7-11(14(12)18)15(19)20/h8,10-14,18H,5-7H2,1-4H3,(H,16,17)(H,19,20). The van der Waals surface area contributed by atoms with Gasteiger partial charge in [0.1, 0.15) is 0 Å². The van der Waals surface area contributed by atoms with Gasteiger partial charge in [0.15, 0.2) is 0 Å². The molecule has 1 amide bonds. The maximum Gasteiger partial charge on any atom is 0.309 e. The Kier molecular flexibility index (Phi) is 5.99. The predicted molar refractivity (Wildman–Crippen MR) is 76.1 cm³/mol. The van der Waals surface area contributed by atoms with Crippen LogP contribution in [-0.2, 0) is 9.59 Å². The molecule has 5 atom stereocenters. The quantitative estimate of drug-likeness (QED) is 0.692. The fourth-order valence-electron chi connectivity index (χ4n) is 3.67. The lowest BCUT2D eigenvalue weighted by molar-refractivity contribution is -0.145. The van der Waals surface area contributed by atoms with Crippen molar-refractivity contribution in [3.05, 3.63) is 0 Å². The van der Waals surface area contributed by atoms with Crippen LogP contribution in [0.1, 0.15) is 47.0 Å². The number of aliphatic hydroxyl groups excluding tert-OH is 1. The van der Waals surface area contributed by atoms with Crippen molar-refractivity contribution >= 4 is 11.9 Å². The molecule has 1 aliphatic carbocycles. The van der Waals surface area contributed by atoms with Gasteiger partial charge >= 0.3 is 5.97 Å². The summed E-state index contributed by atoms with van der Waals surface area (Å²) in [4.78, 5) is 22.7. The van der Waals surface area contributed by atoms with Gasteiger partial charge in [0, 0.05) is 18.9 Å². The van der Waals surface area contributed by atoms with E-state index in [0.717, 1.165) is 12.8 Å². The smallest absolute Gasteiger partial charge is 0.309 e. The number of hydrogen-bond donors (Lipinski definition) is 3. The third-order valence-electron chi connectivity index (χ3n) is 4.75. The average Bonchev–Trinajstić information content (AvgIpc) is 2.65. The van der Waals surface area contributed by atoms with Crippen LogP contribution in [-0.4, -0.2) is 34.2 Å². The van der Waals surface area contributed by atoms with Gasteiger partial charge < -0.3 is 15.5 Å². The highest BCUT2D eigenvalue weighted by atomic mass is 16.4. The van der Waals surface area contributed by atoms with E-state index in [0.29, 0.717) is 6.42 Å². The molecule has 0 aromatic heterocycles. The number of carbonyl (C=O) groups excluding carboxylic acids is 1. The van der Waals surface area contributed by atoms with Crippen molar-refractivity contribution in [2.75, 3.05) is 0 Å². The molecule has 116 valence electrons. The van der Waals surface area contributed by atoms with Crippen molar-refractivity contribution in [3.8, 4) is 0 Å². The molecule has 0 heterocycles. The summed E-state index contributed by atoms with van der Waals surface area (Å²) in [6.07, 6.45) is 1.38. The number of aliphatic hydroxyl groups is 1. The zero-order valence-electron chi connectivity index (χ0n) is 12.8. The molecule has 0 spiro atoms. The molecule has 0 aliphatic heterocycles. The molecule has 5 heteroatoms. The Bertz CT molecular complexity index is 354. The molecular formula is C15H27NO4. The van der Waals surface area contributed by atoms with Crippen LogP contribution in [0.5, 0.6) is 0 Å². The van der Waals surface area contributed by atoms with Crippen LogP contribution >= 0.6 is 0 Å².